The Morgan fingerprint density at radius 3 is 2.25 bits per heavy atom. The molecular weight excluding hydrogens is 75.0 g/mol. The molecule has 0 amide bonds. The van der Waals surface area contributed by atoms with E-state index in [0.29, 0.717) is 0 Å². The van der Waals surface area contributed by atoms with Crippen LogP contribution in [0.25, 0.3) is 0 Å². The Balaban J connectivity index is 2.30. The Morgan fingerprint density at radius 2 is 2.25 bits per heavy atom. The van der Waals surface area contributed by atoms with Crippen LogP contribution in [0.2, 0.25) is 0 Å². The van der Waals surface area contributed by atoms with E-state index >= 15 is 0 Å². The number of rotatable bonds is 1. The zero-order chi connectivity index (χ0) is 3.41. The third-order valence-corrected chi connectivity index (χ3v) is 0.250. The van der Waals surface area contributed by atoms with Gasteiger partial charge in [-0.25, -0.2) is 0 Å². The zero-order valence-electron chi connectivity index (χ0n) is 2.32. The summed E-state index contributed by atoms with van der Waals surface area (Å²) in [5, 5.41) is 0. The van der Waals surface area contributed by atoms with Crippen molar-refractivity contribution < 1.29 is 9.09 Å². The predicted molar refractivity (Wildman–Crippen MR) is 16.0 cm³/mol. The molecule has 0 aromatic rings. The topological polar surface area (TPSA) is 26.3 Å². The minimum absolute atomic E-state index is 0.610. The van der Waals surface area contributed by atoms with Crippen LogP contribution < -0.4 is 0 Å². The molecule has 0 aliphatic rings. The van der Waals surface area contributed by atoms with Crippen molar-refractivity contribution in [3.63, 3.8) is 0 Å². The molecule has 0 spiro atoms. The second-order valence-corrected chi connectivity index (χ2v) is 0.862. The van der Waals surface area contributed by atoms with Crippen molar-refractivity contribution in [2.24, 2.45) is 0 Å². The lowest BCUT2D eigenvalue weighted by Gasteiger charge is -1.44. The maximum absolute atomic E-state index is 9.10. The van der Waals surface area contributed by atoms with Gasteiger partial charge in [0.2, 0.25) is 0 Å². The Hall–Kier alpha value is 0.0600. The second kappa shape index (κ2) is 3.06. The van der Waals surface area contributed by atoms with Crippen molar-refractivity contribution in [3.8, 4) is 0 Å². The van der Waals surface area contributed by atoms with Crippen molar-refractivity contribution in [3.05, 3.63) is 0 Å². The zero-order valence-corrected chi connectivity index (χ0v) is 3.32. The van der Waals surface area contributed by atoms with Gasteiger partial charge in [-0.3, -0.25) is 0 Å². The van der Waals surface area contributed by atoms with Gasteiger partial charge in [-0.15, -0.1) is 0 Å². The lowest BCUT2D eigenvalue weighted by atomic mass is 11.8. The van der Waals surface area contributed by atoms with Crippen LogP contribution >= 0.6 is 8.69 Å². The first-order valence-electron chi connectivity index (χ1n) is 0.816. The van der Waals surface area contributed by atoms with Gasteiger partial charge in [0.05, 0.1) is 7.11 Å². The Labute approximate surface area is 26.1 Å². The molecule has 0 aliphatic heterocycles. The van der Waals surface area contributed by atoms with Gasteiger partial charge in [-0.2, -0.15) is 4.52 Å². The van der Waals surface area contributed by atoms with Gasteiger partial charge in [-0.1, -0.05) is 0 Å². The van der Waals surface area contributed by atoms with Gasteiger partial charge < -0.3 is 0 Å². The van der Waals surface area contributed by atoms with E-state index < -0.39 is 8.69 Å². The van der Waals surface area contributed by atoms with Crippen LogP contribution in [0.1, 0.15) is 0 Å². The molecule has 2 nitrogen and oxygen atoms in total. The normalized spacial score (nSPS) is 8.25. The molecule has 24 valence electrons. The third kappa shape index (κ3) is 2.06. The molecule has 0 aliphatic carbocycles. The van der Waals surface area contributed by atoms with E-state index in [1.807, 2.05) is 0 Å². The van der Waals surface area contributed by atoms with Gasteiger partial charge in [0.25, 0.3) is 0 Å². The first-order valence-corrected chi connectivity index (χ1v) is 1.63. The summed E-state index contributed by atoms with van der Waals surface area (Å²) in [7, 11) is 0.771. The lowest BCUT2D eigenvalue weighted by Crippen LogP contribution is -1.42. The molecule has 0 radical (unpaired) electrons. The average Bonchev–Trinajstić information content (AvgIpc) is 1.37. The Kier molecular flexibility index (Phi) is 3.11. The molecule has 0 N–H and O–H groups in total. The Morgan fingerprint density at radius 1 is 2.00 bits per heavy atom. The molecule has 0 heterocycles. The van der Waals surface area contributed by atoms with Crippen molar-refractivity contribution >= 4 is 8.69 Å². The summed E-state index contributed by atoms with van der Waals surface area (Å²) in [6, 6.07) is 0. The van der Waals surface area contributed by atoms with Crippen molar-refractivity contribution in [1.29, 1.82) is 0 Å². The highest BCUT2D eigenvalue weighted by Gasteiger charge is 1.65. The highest BCUT2D eigenvalue weighted by atomic mass is 31.1. The fourth-order valence-corrected chi connectivity index (χ4v) is 0. The molecule has 1 unspecified atom stereocenters. The minimum Gasteiger partial charge on any atom is -0.151 e. The van der Waals surface area contributed by atoms with Crippen LogP contribution in [-0.2, 0) is 9.09 Å². The molecule has 0 aromatic heterocycles. The smallest absolute Gasteiger partial charge is 0.151 e. The fourth-order valence-electron chi connectivity index (χ4n) is 0. The van der Waals surface area contributed by atoms with Crippen molar-refractivity contribution in [1.82, 2.24) is 0 Å². The maximum Gasteiger partial charge on any atom is 0.493 e. The summed E-state index contributed by atoms with van der Waals surface area (Å²) in [6.45, 7) is 0. The monoisotopic (exact) mass is 79.0 g/mol. The molecular formula is CH4O2P+. The van der Waals surface area contributed by atoms with E-state index in [9.17, 15) is 0 Å². The summed E-state index contributed by atoms with van der Waals surface area (Å²) in [4.78, 5) is 0. The molecule has 0 saturated heterocycles. The average molecular weight is 79.0 g/mol. The summed E-state index contributed by atoms with van der Waals surface area (Å²) in [6.07, 6.45) is 0. The van der Waals surface area contributed by atoms with E-state index in [2.05, 4.69) is 4.52 Å². The molecule has 0 fully saturated rings. The largest absolute Gasteiger partial charge is 0.493 e. The molecule has 4 heavy (non-hydrogen) atoms. The summed E-state index contributed by atoms with van der Waals surface area (Å²) >= 11 is 0. The molecule has 0 saturated carbocycles. The standard InChI is InChI=1S/CH4O2P/c1-3-4-2/h4H,1H3/q+1. The van der Waals surface area contributed by atoms with E-state index in [4.69, 9.17) is 4.57 Å². The van der Waals surface area contributed by atoms with E-state index in [-0.39, 0.29) is 0 Å². The van der Waals surface area contributed by atoms with E-state index in [1.54, 1.807) is 0 Å². The predicted octanol–water partition coefficient (Wildman–Crippen LogP) is 0.572. The van der Waals surface area contributed by atoms with Gasteiger partial charge in [-0.05, 0) is 4.57 Å². The van der Waals surface area contributed by atoms with Gasteiger partial charge in [0, 0.05) is 0 Å². The molecule has 0 rings (SSSR count). The van der Waals surface area contributed by atoms with Crippen LogP contribution in [-0.4, -0.2) is 7.11 Å². The lowest BCUT2D eigenvalue weighted by molar-refractivity contribution is 0.433. The Bertz CT molecular complexity index is 20.0. The number of hydrogen-bond donors (Lipinski definition) is 0. The first kappa shape index (κ1) is 4.06. The second-order valence-electron chi connectivity index (χ2n) is 0.287. The highest BCUT2D eigenvalue weighted by molar-refractivity contribution is 7.17. The van der Waals surface area contributed by atoms with Crippen LogP contribution in [0, 0.1) is 0 Å². The van der Waals surface area contributed by atoms with E-state index in [1.165, 1.54) is 7.11 Å². The van der Waals surface area contributed by atoms with Gasteiger partial charge in [0.1, 0.15) is 0 Å². The van der Waals surface area contributed by atoms with Crippen molar-refractivity contribution in [2.45, 2.75) is 0 Å². The first-order chi connectivity index (χ1) is 1.91. The van der Waals surface area contributed by atoms with E-state index in [0.717, 1.165) is 0 Å². The number of hydrogen-bond acceptors (Lipinski definition) is 2. The summed E-state index contributed by atoms with van der Waals surface area (Å²) in [5.41, 5.74) is 0. The van der Waals surface area contributed by atoms with Crippen LogP contribution in [0.15, 0.2) is 0 Å². The van der Waals surface area contributed by atoms with Crippen molar-refractivity contribution in [2.75, 3.05) is 7.11 Å². The van der Waals surface area contributed by atoms with Gasteiger partial charge >= 0.3 is 8.69 Å². The minimum atomic E-state index is -0.610. The fraction of sp³-hybridized carbons (Fsp3) is 1.00. The quantitative estimate of drug-likeness (QED) is 0.429. The maximum atomic E-state index is 9.10. The summed E-state index contributed by atoms with van der Waals surface area (Å²) in [5.74, 6) is 0. The SMILES string of the molecule is CO[PH+]=O. The molecule has 3 heteroatoms. The molecule has 0 bridgehead atoms. The van der Waals surface area contributed by atoms with Crippen LogP contribution in [0.5, 0.6) is 0 Å². The third-order valence-electron chi connectivity index (χ3n) is 0.0833. The molecule has 1 atom stereocenters. The molecule has 0 aromatic carbocycles. The van der Waals surface area contributed by atoms with Crippen LogP contribution in [0.4, 0.5) is 0 Å². The summed E-state index contributed by atoms with van der Waals surface area (Å²) < 4.78 is 13.1. The highest BCUT2D eigenvalue weighted by Crippen LogP contribution is 1.83. The van der Waals surface area contributed by atoms with Gasteiger partial charge in [0.15, 0.2) is 0 Å². The van der Waals surface area contributed by atoms with Crippen LogP contribution in [0.3, 0.4) is 0 Å².